The molecule has 0 aromatic heterocycles. The molecule has 21 heavy (non-hydrogen) atoms. The minimum absolute atomic E-state index is 0.380. The number of benzene rings is 1. The largest absolute Gasteiger partial charge is 0.385 e. The molecule has 116 valence electrons. The van der Waals surface area contributed by atoms with Crippen LogP contribution in [0.5, 0.6) is 0 Å². The molecule has 1 heterocycles. The van der Waals surface area contributed by atoms with Crippen molar-refractivity contribution < 1.29 is 9.53 Å². The van der Waals surface area contributed by atoms with E-state index in [1.807, 2.05) is 19.1 Å². The van der Waals surface area contributed by atoms with Crippen LogP contribution in [0.4, 0.5) is 5.69 Å². The Bertz CT molecular complexity index is 471. The molecule has 5 nitrogen and oxygen atoms in total. The number of primary amides is 1. The third-order valence-electron chi connectivity index (χ3n) is 3.78. The molecule has 0 bridgehead atoms. The Morgan fingerprint density at radius 3 is 2.86 bits per heavy atom. The molecule has 4 N–H and O–H groups in total. The van der Waals surface area contributed by atoms with Gasteiger partial charge in [0.25, 0.3) is 0 Å². The van der Waals surface area contributed by atoms with Gasteiger partial charge < -0.3 is 21.1 Å². The molecule has 1 fully saturated rings. The number of amides is 1. The van der Waals surface area contributed by atoms with Crippen LogP contribution in [0.15, 0.2) is 18.2 Å². The molecule has 0 saturated carbocycles. The maximum Gasteiger partial charge on any atom is 0.248 e. The number of piperidine rings is 1. The molecule has 1 amide bonds. The van der Waals surface area contributed by atoms with Crippen LogP contribution in [0.1, 0.15) is 35.2 Å². The highest BCUT2D eigenvalue weighted by atomic mass is 16.5. The first-order valence-electron chi connectivity index (χ1n) is 7.63. The van der Waals surface area contributed by atoms with Crippen LogP contribution in [0.2, 0.25) is 0 Å². The van der Waals surface area contributed by atoms with Gasteiger partial charge in [-0.3, -0.25) is 4.79 Å². The standard InChI is InChI=1S/C16H25N3O2/c1-12-11-13(3-4-15(12)16(17)20)19-7-2-10-21-14-5-8-18-9-6-14/h3-4,11,14,18-19H,2,5-10H2,1H3,(H2,17,20). The molecule has 1 aliphatic rings. The molecular weight excluding hydrogens is 266 g/mol. The molecule has 1 aliphatic heterocycles. The number of nitrogens with one attached hydrogen (secondary N) is 2. The third-order valence-corrected chi connectivity index (χ3v) is 3.78. The van der Waals surface area contributed by atoms with Crippen molar-refractivity contribution in [1.29, 1.82) is 0 Å². The Hall–Kier alpha value is -1.59. The van der Waals surface area contributed by atoms with Gasteiger partial charge in [-0.15, -0.1) is 0 Å². The summed E-state index contributed by atoms with van der Waals surface area (Å²) in [5.74, 6) is -0.380. The summed E-state index contributed by atoms with van der Waals surface area (Å²) in [6, 6.07) is 5.61. The lowest BCUT2D eigenvalue weighted by molar-refractivity contribution is 0.0329. The molecule has 0 atom stereocenters. The van der Waals surface area contributed by atoms with E-state index < -0.39 is 0 Å². The van der Waals surface area contributed by atoms with Crippen molar-refractivity contribution in [2.75, 3.05) is 31.6 Å². The predicted octanol–water partition coefficient (Wildman–Crippen LogP) is 1.66. The first kappa shape index (κ1) is 15.8. The van der Waals surface area contributed by atoms with E-state index in [1.165, 1.54) is 0 Å². The first-order chi connectivity index (χ1) is 10.2. The van der Waals surface area contributed by atoms with Crippen LogP contribution < -0.4 is 16.4 Å². The van der Waals surface area contributed by atoms with Gasteiger partial charge in [-0.05, 0) is 63.0 Å². The lowest BCUT2D eigenvalue weighted by Crippen LogP contribution is -2.32. The van der Waals surface area contributed by atoms with Crippen molar-refractivity contribution in [1.82, 2.24) is 5.32 Å². The molecule has 0 unspecified atom stereocenters. The topological polar surface area (TPSA) is 76.4 Å². The van der Waals surface area contributed by atoms with E-state index in [2.05, 4.69) is 10.6 Å². The second kappa shape index (κ2) is 8.00. The van der Waals surface area contributed by atoms with Gasteiger partial charge in [-0.1, -0.05) is 0 Å². The van der Waals surface area contributed by atoms with Gasteiger partial charge in [0, 0.05) is 24.4 Å². The van der Waals surface area contributed by atoms with Crippen LogP contribution in [0.25, 0.3) is 0 Å². The van der Waals surface area contributed by atoms with Gasteiger partial charge in [0.1, 0.15) is 0 Å². The number of hydrogen-bond donors (Lipinski definition) is 3. The quantitative estimate of drug-likeness (QED) is 0.668. The lowest BCUT2D eigenvalue weighted by Gasteiger charge is -2.22. The van der Waals surface area contributed by atoms with E-state index in [4.69, 9.17) is 10.5 Å². The Morgan fingerprint density at radius 2 is 2.19 bits per heavy atom. The van der Waals surface area contributed by atoms with Crippen molar-refractivity contribution in [3.8, 4) is 0 Å². The zero-order chi connectivity index (χ0) is 15.1. The average molecular weight is 291 g/mol. The highest BCUT2D eigenvalue weighted by Crippen LogP contribution is 2.15. The van der Waals surface area contributed by atoms with Crippen molar-refractivity contribution in [3.63, 3.8) is 0 Å². The number of aryl methyl sites for hydroxylation is 1. The molecule has 5 heteroatoms. The molecule has 0 spiro atoms. The molecule has 2 rings (SSSR count). The number of ether oxygens (including phenoxy) is 1. The van der Waals surface area contributed by atoms with Crippen molar-refractivity contribution in [2.45, 2.75) is 32.3 Å². The summed E-state index contributed by atoms with van der Waals surface area (Å²) in [5, 5.41) is 6.68. The number of carbonyl (C=O) groups is 1. The van der Waals surface area contributed by atoms with Gasteiger partial charge in [-0.2, -0.15) is 0 Å². The third kappa shape index (κ3) is 5.02. The van der Waals surface area contributed by atoms with E-state index in [9.17, 15) is 4.79 Å². The van der Waals surface area contributed by atoms with E-state index in [1.54, 1.807) is 6.07 Å². The molecule has 1 saturated heterocycles. The Labute approximate surface area is 126 Å². The maximum atomic E-state index is 11.2. The second-order valence-electron chi connectivity index (χ2n) is 5.49. The summed E-state index contributed by atoms with van der Waals surface area (Å²) in [6.07, 6.45) is 3.62. The van der Waals surface area contributed by atoms with Gasteiger partial charge in [0.05, 0.1) is 6.10 Å². The Kier molecular flexibility index (Phi) is 6.02. The first-order valence-corrected chi connectivity index (χ1v) is 7.63. The zero-order valence-corrected chi connectivity index (χ0v) is 12.7. The highest BCUT2D eigenvalue weighted by Gasteiger charge is 2.12. The molecule has 0 aliphatic carbocycles. The minimum Gasteiger partial charge on any atom is -0.385 e. The van der Waals surface area contributed by atoms with Gasteiger partial charge in [0.15, 0.2) is 0 Å². The maximum absolute atomic E-state index is 11.2. The van der Waals surface area contributed by atoms with E-state index in [0.717, 1.165) is 56.8 Å². The van der Waals surface area contributed by atoms with Crippen LogP contribution in [0, 0.1) is 6.92 Å². The molecule has 0 radical (unpaired) electrons. The summed E-state index contributed by atoms with van der Waals surface area (Å²) in [4.78, 5) is 11.2. The van der Waals surface area contributed by atoms with Gasteiger partial charge in [-0.25, -0.2) is 0 Å². The fourth-order valence-corrected chi connectivity index (χ4v) is 2.57. The normalized spacial score (nSPS) is 15.9. The summed E-state index contributed by atoms with van der Waals surface area (Å²) in [7, 11) is 0. The SMILES string of the molecule is Cc1cc(NCCCOC2CCNCC2)ccc1C(N)=O. The lowest BCUT2D eigenvalue weighted by atomic mass is 10.1. The second-order valence-corrected chi connectivity index (χ2v) is 5.49. The number of carbonyl (C=O) groups excluding carboxylic acids is 1. The van der Waals surface area contributed by atoms with Crippen LogP contribution in [-0.4, -0.2) is 38.3 Å². The van der Waals surface area contributed by atoms with Crippen LogP contribution in [0.3, 0.4) is 0 Å². The molecule has 1 aromatic carbocycles. The summed E-state index contributed by atoms with van der Waals surface area (Å²) < 4.78 is 5.85. The van der Waals surface area contributed by atoms with Crippen molar-refractivity contribution >= 4 is 11.6 Å². The number of nitrogens with two attached hydrogens (primary N) is 1. The summed E-state index contributed by atoms with van der Waals surface area (Å²) >= 11 is 0. The van der Waals surface area contributed by atoms with Gasteiger partial charge in [0.2, 0.25) is 5.91 Å². The zero-order valence-electron chi connectivity index (χ0n) is 12.7. The summed E-state index contributed by atoms with van der Waals surface area (Å²) in [6.45, 7) is 5.67. The fraction of sp³-hybridized carbons (Fsp3) is 0.562. The monoisotopic (exact) mass is 291 g/mol. The van der Waals surface area contributed by atoms with Crippen LogP contribution in [-0.2, 0) is 4.74 Å². The Morgan fingerprint density at radius 1 is 1.43 bits per heavy atom. The number of hydrogen-bond acceptors (Lipinski definition) is 4. The van der Waals surface area contributed by atoms with Crippen LogP contribution >= 0.6 is 0 Å². The average Bonchev–Trinajstić information content (AvgIpc) is 2.47. The number of rotatable bonds is 7. The predicted molar refractivity (Wildman–Crippen MR) is 84.6 cm³/mol. The van der Waals surface area contributed by atoms with E-state index in [0.29, 0.717) is 11.7 Å². The minimum atomic E-state index is -0.380. The molecule has 1 aromatic rings. The molecular formula is C16H25N3O2. The van der Waals surface area contributed by atoms with Crippen molar-refractivity contribution in [3.05, 3.63) is 29.3 Å². The van der Waals surface area contributed by atoms with E-state index in [-0.39, 0.29) is 5.91 Å². The summed E-state index contributed by atoms with van der Waals surface area (Å²) in [5.41, 5.74) is 7.79. The van der Waals surface area contributed by atoms with Gasteiger partial charge >= 0.3 is 0 Å². The fourth-order valence-electron chi connectivity index (χ4n) is 2.57. The highest BCUT2D eigenvalue weighted by molar-refractivity contribution is 5.94. The van der Waals surface area contributed by atoms with Crippen molar-refractivity contribution in [2.24, 2.45) is 5.73 Å². The van der Waals surface area contributed by atoms with E-state index >= 15 is 0 Å². The smallest absolute Gasteiger partial charge is 0.248 e. The Balaban J connectivity index is 1.66. The number of anilines is 1.